The molecule has 0 bridgehead atoms. The molecule has 2 aliphatic rings. The first-order valence-electron chi connectivity index (χ1n) is 8.74. The van der Waals surface area contributed by atoms with E-state index in [1.807, 2.05) is 6.07 Å². The fourth-order valence-electron chi connectivity index (χ4n) is 3.77. The molecule has 6 heteroatoms. The monoisotopic (exact) mass is 315 g/mol. The lowest BCUT2D eigenvalue weighted by atomic mass is 10.0. The van der Waals surface area contributed by atoms with Crippen LogP contribution in [-0.2, 0) is 13.0 Å². The van der Waals surface area contributed by atoms with Crippen LogP contribution in [0.25, 0.3) is 5.65 Å². The van der Waals surface area contributed by atoms with Crippen LogP contribution in [-0.4, -0.2) is 38.6 Å². The van der Waals surface area contributed by atoms with Crippen molar-refractivity contribution in [2.75, 3.05) is 13.1 Å². The summed E-state index contributed by atoms with van der Waals surface area (Å²) in [5.74, 6) is 0. The topological polar surface area (TPSA) is 65.4 Å². The van der Waals surface area contributed by atoms with Gasteiger partial charge in [-0.05, 0) is 39.7 Å². The minimum atomic E-state index is 0.0791. The molecule has 6 nitrogen and oxygen atoms in total. The molecule has 2 aliphatic heterocycles. The number of aromatic nitrogens is 3. The van der Waals surface area contributed by atoms with Crippen LogP contribution in [0.1, 0.15) is 56.1 Å². The van der Waals surface area contributed by atoms with E-state index in [-0.39, 0.29) is 5.56 Å². The molecule has 2 N–H and O–H groups in total. The molecular formula is C17H25N5O. The molecule has 2 aromatic heterocycles. The molecular weight excluding hydrogens is 290 g/mol. The van der Waals surface area contributed by atoms with Gasteiger partial charge in [-0.25, -0.2) is 9.50 Å². The summed E-state index contributed by atoms with van der Waals surface area (Å²) in [7, 11) is 0. The maximum atomic E-state index is 12.8. The molecule has 0 spiro atoms. The average Bonchev–Trinajstić information content (AvgIpc) is 2.99. The van der Waals surface area contributed by atoms with Gasteiger partial charge in [0.15, 0.2) is 5.65 Å². The Morgan fingerprint density at radius 1 is 1.35 bits per heavy atom. The predicted octanol–water partition coefficient (Wildman–Crippen LogP) is 1.60. The SMILES string of the molecule is CC(C)N1CCc2c(nc3cc(C4CCCCN4)[nH]n3c2=O)C1. The molecule has 1 unspecified atom stereocenters. The Balaban J connectivity index is 1.74. The van der Waals surface area contributed by atoms with Gasteiger partial charge < -0.3 is 5.32 Å². The van der Waals surface area contributed by atoms with Crippen molar-refractivity contribution in [2.45, 2.75) is 58.2 Å². The summed E-state index contributed by atoms with van der Waals surface area (Å²) in [6.07, 6.45) is 4.37. The first kappa shape index (κ1) is 14.9. The third-order valence-electron chi connectivity index (χ3n) is 5.23. The van der Waals surface area contributed by atoms with E-state index in [9.17, 15) is 4.79 Å². The van der Waals surface area contributed by atoms with Crippen LogP contribution >= 0.6 is 0 Å². The van der Waals surface area contributed by atoms with Crippen molar-refractivity contribution in [3.63, 3.8) is 0 Å². The third-order valence-corrected chi connectivity index (χ3v) is 5.23. The summed E-state index contributed by atoms with van der Waals surface area (Å²) in [6, 6.07) is 2.84. The molecule has 1 atom stereocenters. The van der Waals surface area contributed by atoms with E-state index < -0.39 is 0 Å². The Hall–Kier alpha value is -1.66. The van der Waals surface area contributed by atoms with Gasteiger partial charge in [-0.3, -0.25) is 14.8 Å². The molecule has 4 rings (SSSR count). The van der Waals surface area contributed by atoms with Crippen LogP contribution in [0, 0.1) is 0 Å². The van der Waals surface area contributed by atoms with Crippen molar-refractivity contribution >= 4 is 5.65 Å². The Morgan fingerprint density at radius 2 is 2.22 bits per heavy atom. The van der Waals surface area contributed by atoms with E-state index in [1.165, 1.54) is 12.8 Å². The van der Waals surface area contributed by atoms with Crippen molar-refractivity contribution in [2.24, 2.45) is 0 Å². The zero-order chi connectivity index (χ0) is 16.0. The Bertz CT molecular complexity index is 769. The Morgan fingerprint density at radius 3 is 2.96 bits per heavy atom. The van der Waals surface area contributed by atoms with Gasteiger partial charge >= 0.3 is 0 Å². The number of piperidine rings is 1. The molecule has 23 heavy (non-hydrogen) atoms. The summed E-state index contributed by atoms with van der Waals surface area (Å²) in [4.78, 5) is 20.0. The van der Waals surface area contributed by atoms with Gasteiger partial charge in [-0.1, -0.05) is 6.42 Å². The summed E-state index contributed by atoms with van der Waals surface area (Å²) in [6.45, 7) is 7.15. The lowest BCUT2D eigenvalue weighted by molar-refractivity contribution is 0.199. The summed E-state index contributed by atoms with van der Waals surface area (Å²) >= 11 is 0. The molecule has 4 heterocycles. The van der Waals surface area contributed by atoms with Crippen molar-refractivity contribution in [3.05, 3.63) is 33.4 Å². The standard InChI is InChI=1S/C17H25N5O/c1-11(2)21-8-6-12-15(10-21)19-16-9-14(20-22(16)17(12)23)13-5-3-4-7-18-13/h9,11,13,18,20H,3-8,10H2,1-2H3. The summed E-state index contributed by atoms with van der Waals surface area (Å²) in [5, 5.41) is 6.81. The second-order valence-electron chi connectivity index (χ2n) is 7.06. The lowest BCUT2D eigenvalue weighted by Gasteiger charge is -2.30. The Labute approximate surface area is 135 Å². The molecule has 0 aromatic carbocycles. The highest BCUT2D eigenvalue weighted by Gasteiger charge is 2.24. The predicted molar refractivity (Wildman–Crippen MR) is 89.7 cm³/mol. The second kappa shape index (κ2) is 5.76. The molecule has 1 fully saturated rings. The molecule has 1 saturated heterocycles. The average molecular weight is 315 g/mol. The second-order valence-corrected chi connectivity index (χ2v) is 7.06. The van der Waals surface area contributed by atoms with Crippen LogP contribution in [0.2, 0.25) is 0 Å². The van der Waals surface area contributed by atoms with E-state index >= 15 is 0 Å². The highest BCUT2D eigenvalue weighted by molar-refractivity contribution is 5.43. The minimum absolute atomic E-state index is 0.0791. The van der Waals surface area contributed by atoms with Crippen LogP contribution in [0.3, 0.4) is 0 Å². The van der Waals surface area contributed by atoms with Gasteiger partial charge in [0.1, 0.15) is 0 Å². The largest absolute Gasteiger partial charge is 0.309 e. The zero-order valence-corrected chi connectivity index (χ0v) is 13.9. The maximum absolute atomic E-state index is 12.8. The molecule has 0 radical (unpaired) electrons. The first-order valence-corrected chi connectivity index (χ1v) is 8.74. The maximum Gasteiger partial charge on any atom is 0.276 e. The van der Waals surface area contributed by atoms with Crippen LogP contribution in [0.4, 0.5) is 0 Å². The minimum Gasteiger partial charge on any atom is -0.309 e. The first-order chi connectivity index (χ1) is 11.1. The highest BCUT2D eigenvalue weighted by atomic mass is 16.1. The van der Waals surface area contributed by atoms with Crippen LogP contribution in [0.15, 0.2) is 10.9 Å². The molecule has 0 amide bonds. The third kappa shape index (κ3) is 2.60. The molecule has 0 aliphatic carbocycles. The van der Waals surface area contributed by atoms with Gasteiger partial charge in [-0.15, -0.1) is 0 Å². The quantitative estimate of drug-likeness (QED) is 0.883. The normalized spacial score (nSPS) is 22.7. The van der Waals surface area contributed by atoms with Gasteiger partial charge in [0.2, 0.25) is 0 Å². The number of aromatic amines is 1. The Kier molecular flexibility index (Phi) is 3.73. The van der Waals surface area contributed by atoms with Crippen molar-refractivity contribution < 1.29 is 0 Å². The van der Waals surface area contributed by atoms with E-state index in [0.29, 0.717) is 12.1 Å². The molecule has 2 aromatic rings. The van der Waals surface area contributed by atoms with Crippen molar-refractivity contribution in [3.8, 4) is 0 Å². The number of nitrogens with zero attached hydrogens (tertiary/aromatic N) is 3. The van der Waals surface area contributed by atoms with Gasteiger partial charge in [0, 0.05) is 36.8 Å². The fourth-order valence-corrected chi connectivity index (χ4v) is 3.77. The van der Waals surface area contributed by atoms with E-state index in [4.69, 9.17) is 4.98 Å². The number of fused-ring (bicyclic) bond motifs is 2. The summed E-state index contributed by atoms with van der Waals surface area (Å²) < 4.78 is 1.63. The van der Waals surface area contributed by atoms with E-state index in [2.05, 4.69) is 29.2 Å². The van der Waals surface area contributed by atoms with E-state index in [1.54, 1.807) is 4.52 Å². The number of H-pyrrole nitrogens is 1. The summed E-state index contributed by atoms with van der Waals surface area (Å²) in [5.41, 5.74) is 3.75. The van der Waals surface area contributed by atoms with E-state index in [0.717, 1.165) is 55.1 Å². The van der Waals surface area contributed by atoms with Crippen LogP contribution in [0.5, 0.6) is 0 Å². The van der Waals surface area contributed by atoms with Gasteiger partial charge in [-0.2, -0.15) is 0 Å². The van der Waals surface area contributed by atoms with Crippen molar-refractivity contribution in [1.29, 1.82) is 0 Å². The number of hydrogen-bond acceptors (Lipinski definition) is 4. The zero-order valence-electron chi connectivity index (χ0n) is 13.9. The van der Waals surface area contributed by atoms with Gasteiger partial charge in [0.05, 0.1) is 11.4 Å². The fraction of sp³-hybridized carbons (Fsp3) is 0.647. The number of hydrogen-bond donors (Lipinski definition) is 2. The van der Waals surface area contributed by atoms with Crippen LogP contribution < -0.4 is 10.9 Å². The lowest BCUT2D eigenvalue weighted by Crippen LogP contribution is -2.39. The smallest absolute Gasteiger partial charge is 0.276 e. The highest BCUT2D eigenvalue weighted by Crippen LogP contribution is 2.23. The van der Waals surface area contributed by atoms with Gasteiger partial charge in [0.25, 0.3) is 5.56 Å². The molecule has 0 saturated carbocycles. The number of nitrogens with one attached hydrogen (secondary N) is 2. The van der Waals surface area contributed by atoms with Crippen molar-refractivity contribution in [1.82, 2.24) is 24.8 Å². The number of rotatable bonds is 2. The molecule has 124 valence electrons.